The van der Waals surface area contributed by atoms with Crippen LogP contribution in [0.1, 0.15) is 110 Å². The van der Waals surface area contributed by atoms with Crippen molar-refractivity contribution in [1.82, 2.24) is 30.1 Å². The van der Waals surface area contributed by atoms with Crippen LogP contribution in [0.4, 0.5) is 9.18 Å². The van der Waals surface area contributed by atoms with Gasteiger partial charge in [0.1, 0.15) is 53.5 Å². The van der Waals surface area contributed by atoms with E-state index in [9.17, 15) is 27.6 Å². The Balaban J connectivity index is 1.14. The third-order valence-electron chi connectivity index (χ3n) is 14.1. The molecule has 4 heterocycles. The number of hydrogen-bond acceptors (Lipinski definition) is 11. The lowest BCUT2D eigenvalue weighted by Gasteiger charge is -2.35. The summed E-state index contributed by atoms with van der Waals surface area (Å²) in [4.78, 5) is 65.2. The highest BCUT2D eigenvalue weighted by Gasteiger charge is 2.63. The molecule has 15 nitrogen and oxygen atoms in total. The van der Waals surface area contributed by atoms with E-state index in [1.807, 2.05) is 0 Å². The van der Waals surface area contributed by atoms with Crippen LogP contribution in [0, 0.1) is 23.1 Å². The van der Waals surface area contributed by atoms with Crippen molar-refractivity contribution in [3.63, 3.8) is 0 Å². The minimum Gasteiger partial charge on any atom is -0.491 e. The first kappa shape index (κ1) is 45.1. The van der Waals surface area contributed by atoms with E-state index in [1.165, 1.54) is 23.5 Å². The van der Waals surface area contributed by atoms with Crippen LogP contribution in [0.5, 0.6) is 11.6 Å². The Kier molecular flexibility index (Phi) is 12.5. The van der Waals surface area contributed by atoms with Crippen molar-refractivity contribution in [3.05, 3.63) is 42.2 Å². The Morgan fingerprint density at radius 1 is 1.08 bits per heavy atom. The summed E-state index contributed by atoms with van der Waals surface area (Å²) in [6.45, 7) is 13.7. The van der Waals surface area contributed by atoms with Gasteiger partial charge in [0.25, 0.3) is 5.91 Å². The number of fused-ring (bicyclic) bond motifs is 5. The second-order valence-electron chi connectivity index (χ2n) is 20.0. The molecule has 7 atom stereocenters. The number of para-hydroxylation sites is 1. The van der Waals surface area contributed by atoms with E-state index in [0.717, 1.165) is 58.0 Å². The number of carbonyl (C=O) groups excluding carboxylic acids is 4. The molecule has 8 rings (SSSR count). The normalized spacial score (nSPS) is 30.0. The summed E-state index contributed by atoms with van der Waals surface area (Å²) >= 11 is 0. The van der Waals surface area contributed by atoms with Gasteiger partial charge in [0, 0.05) is 24.3 Å². The molecule has 6 aliphatic rings. The number of sulfonamides is 1. The molecule has 1 aromatic heterocycles. The number of carbonyl (C=O) groups is 4. The van der Waals surface area contributed by atoms with E-state index in [1.54, 1.807) is 39.8 Å². The van der Waals surface area contributed by atoms with E-state index in [2.05, 4.69) is 26.8 Å². The molecule has 2 aromatic rings. The van der Waals surface area contributed by atoms with Crippen LogP contribution in [0.3, 0.4) is 0 Å². The highest BCUT2D eigenvalue weighted by atomic mass is 32.2. The van der Waals surface area contributed by atoms with Gasteiger partial charge in [0.05, 0.1) is 16.9 Å². The van der Waals surface area contributed by atoms with E-state index in [-0.39, 0.29) is 42.8 Å². The summed E-state index contributed by atoms with van der Waals surface area (Å²) in [5.74, 6) is -2.40. The molecule has 63 heavy (non-hydrogen) atoms. The highest BCUT2D eigenvalue weighted by Crippen LogP contribution is 2.47. The number of piperidine rings is 1. The topological polar surface area (TPSA) is 186 Å². The fourth-order valence-corrected chi connectivity index (χ4v) is 10.8. The van der Waals surface area contributed by atoms with Gasteiger partial charge in [0.15, 0.2) is 0 Å². The van der Waals surface area contributed by atoms with Gasteiger partial charge in [-0.25, -0.2) is 22.6 Å². The average molecular weight is 895 g/mol. The van der Waals surface area contributed by atoms with Gasteiger partial charge in [-0.05, 0) is 101 Å². The Labute approximate surface area is 369 Å². The maximum absolute atomic E-state index is 15.7. The van der Waals surface area contributed by atoms with Crippen LogP contribution in [0.2, 0.25) is 0 Å². The standard InChI is InChI=1S/C46H63FN6O9S/c1-6-29-26-46(29,42(56)51-63(58,59)45(5)18-19-45)50-39(54)34-25-30-27-53(34)41(55)38(44(2,3)4)49-43(57)62-35-24-28(35)14-9-7-10-15-32-37(60-23-22-52-20-11-8-12-21-52)31-16-13-17-33(47)36(31)48-40(32)61-30/h6,13,16-17,28-30,34-35,38H,1,7-12,14-15,18-27H2,2-5H3,(H,49,57)(H,50,54)(H,51,56)/t28-,29-,30-,34+,35-,38-,46-/m1/s1. The number of halogens is 1. The molecule has 1 aromatic carbocycles. The van der Waals surface area contributed by atoms with Crippen molar-refractivity contribution in [1.29, 1.82) is 0 Å². The van der Waals surface area contributed by atoms with Crippen molar-refractivity contribution in [3.8, 4) is 11.6 Å². The zero-order chi connectivity index (χ0) is 44.9. The molecule has 0 radical (unpaired) electrons. The van der Waals surface area contributed by atoms with Crippen molar-refractivity contribution in [2.45, 2.75) is 146 Å². The Hall–Kier alpha value is -4.51. The Morgan fingerprint density at radius 3 is 2.52 bits per heavy atom. The van der Waals surface area contributed by atoms with Crippen LogP contribution in [-0.2, 0) is 35.6 Å². The molecule has 3 saturated carbocycles. The van der Waals surface area contributed by atoms with Crippen LogP contribution < -0.4 is 24.8 Å². The minimum absolute atomic E-state index is 0.0585. The highest BCUT2D eigenvalue weighted by molar-refractivity contribution is 7.91. The van der Waals surface area contributed by atoms with Crippen molar-refractivity contribution in [2.24, 2.45) is 17.3 Å². The first-order valence-electron chi connectivity index (χ1n) is 22.8. The second-order valence-corrected chi connectivity index (χ2v) is 22.2. The van der Waals surface area contributed by atoms with Crippen LogP contribution in [0.25, 0.3) is 10.9 Å². The van der Waals surface area contributed by atoms with E-state index >= 15 is 4.39 Å². The number of nitrogens with one attached hydrogen (secondary N) is 3. The number of pyridine rings is 1. The van der Waals surface area contributed by atoms with Crippen molar-refractivity contribution < 1.29 is 46.2 Å². The molecule has 3 aliphatic carbocycles. The predicted octanol–water partition coefficient (Wildman–Crippen LogP) is 5.29. The number of alkyl carbamates (subject to hydrolysis) is 1. The van der Waals surface area contributed by atoms with Gasteiger partial charge < -0.3 is 29.7 Å². The lowest BCUT2D eigenvalue weighted by molar-refractivity contribution is -0.142. The zero-order valence-electron chi connectivity index (χ0n) is 37.0. The molecule has 0 spiro atoms. The SMILES string of the molecule is C=C[C@@H]1C[C@]1(NC(=O)[C@@H]1C[C@@H]2CN1C(=O)[C@H](C(C)(C)C)NC(=O)O[C@@H]1C[C@H]1CCCCCc1c(nc3c(F)cccc3c1OCCN1CCCCC1)O2)C(=O)NS(=O)(=O)C1(C)CC1. The largest absolute Gasteiger partial charge is 0.491 e. The molecule has 2 saturated heterocycles. The summed E-state index contributed by atoms with van der Waals surface area (Å²) in [5.41, 5.74) is -1.70. The number of benzene rings is 1. The molecule has 5 fully saturated rings. The number of hydrogen-bond donors (Lipinski definition) is 3. The number of nitrogens with zero attached hydrogens (tertiary/aromatic N) is 3. The van der Waals surface area contributed by atoms with Gasteiger partial charge in [-0.1, -0.05) is 52.2 Å². The summed E-state index contributed by atoms with van der Waals surface area (Å²) in [6, 6.07) is 2.41. The molecule has 17 heteroatoms. The second kappa shape index (κ2) is 17.5. The fourth-order valence-electron chi connectivity index (χ4n) is 9.49. The number of amides is 4. The summed E-state index contributed by atoms with van der Waals surface area (Å²) in [7, 11) is -4.04. The molecule has 344 valence electrons. The van der Waals surface area contributed by atoms with Gasteiger partial charge in [-0.3, -0.25) is 24.0 Å². The van der Waals surface area contributed by atoms with Crippen molar-refractivity contribution in [2.75, 3.05) is 32.8 Å². The summed E-state index contributed by atoms with van der Waals surface area (Å²) in [6.07, 6.45) is 8.61. The monoisotopic (exact) mass is 894 g/mol. The molecule has 3 N–H and O–H groups in total. The Morgan fingerprint density at radius 2 is 1.83 bits per heavy atom. The van der Waals surface area contributed by atoms with Crippen LogP contribution in [0.15, 0.2) is 30.9 Å². The zero-order valence-corrected chi connectivity index (χ0v) is 37.8. The maximum Gasteiger partial charge on any atom is 0.408 e. The van der Waals surface area contributed by atoms with Crippen molar-refractivity contribution >= 4 is 44.7 Å². The van der Waals surface area contributed by atoms with Gasteiger partial charge in [0.2, 0.25) is 27.7 Å². The van der Waals surface area contributed by atoms with Gasteiger partial charge in [-0.15, -0.1) is 6.58 Å². The first-order chi connectivity index (χ1) is 29.9. The predicted molar refractivity (Wildman–Crippen MR) is 233 cm³/mol. The van der Waals surface area contributed by atoms with E-state index in [4.69, 9.17) is 19.2 Å². The summed E-state index contributed by atoms with van der Waals surface area (Å²) in [5, 5.41) is 6.16. The van der Waals surface area contributed by atoms with Crippen LogP contribution in [-0.4, -0.2) is 114 Å². The third-order valence-corrected chi connectivity index (χ3v) is 16.2. The van der Waals surface area contributed by atoms with E-state index < -0.39 is 79.5 Å². The van der Waals surface area contributed by atoms with Gasteiger partial charge >= 0.3 is 6.09 Å². The number of rotatable bonds is 10. The third kappa shape index (κ3) is 9.50. The molecule has 4 amide bonds. The smallest absolute Gasteiger partial charge is 0.408 e. The lowest BCUT2D eigenvalue weighted by Crippen LogP contribution is -2.60. The lowest BCUT2D eigenvalue weighted by atomic mass is 9.85. The first-order valence-corrected chi connectivity index (χ1v) is 24.3. The van der Waals surface area contributed by atoms with Crippen LogP contribution >= 0.6 is 0 Å². The number of likely N-dealkylation sites (tertiary alicyclic amines) is 1. The molecule has 0 unspecified atom stereocenters. The average Bonchev–Trinajstić information content (AvgIpc) is 4.20. The maximum atomic E-state index is 15.7. The fraction of sp³-hybridized carbons (Fsp3) is 0.674. The molecular weight excluding hydrogens is 832 g/mol. The number of ether oxygens (including phenoxy) is 3. The summed E-state index contributed by atoms with van der Waals surface area (Å²) < 4.78 is 62.4. The minimum atomic E-state index is -4.04. The number of aromatic nitrogens is 1. The van der Waals surface area contributed by atoms with Gasteiger partial charge in [-0.2, -0.15) is 0 Å². The van der Waals surface area contributed by atoms with E-state index in [0.29, 0.717) is 49.1 Å². The molecule has 3 aliphatic heterocycles. The Bertz CT molecular complexity index is 2240. The molecule has 2 bridgehead atoms. The molecular formula is C46H63FN6O9S. The quantitative estimate of drug-likeness (QED) is 0.263.